The van der Waals surface area contributed by atoms with E-state index in [0.717, 1.165) is 6.42 Å². The van der Waals surface area contributed by atoms with Gasteiger partial charge in [-0.1, -0.05) is 27.2 Å². The Labute approximate surface area is 77.6 Å². The molecule has 0 saturated carbocycles. The molecule has 0 bridgehead atoms. The molecule has 13 heavy (non-hydrogen) atoms. The van der Waals surface area contributed by atoms with Crippen LogP contribution in [0.4, 0.5) is 0 Å². The zero-order chi connectivity index (χ0) is 10.6. The van der Waals surface area contributed by atoms with Gasteiger partial charge in [0.2, 0.25) is 0 Å². The lowest BCUT2D eigenvalue weighted by atomic mass is 9.80. The van der Waals surface area contributed by atoms with Crippen LogP contribution in [0.1, 0.15) is 33.6 Å². The van der Waals surface area contributed by atoms with Crippen LogP contribution in [-0.2, 0) is 9.59 Å². The van der Waals surface area contributed by atoms with Crippen molar-refractivity contribution < 1.29 is 19.8 Å². The standard InChI is InChI=1S/C9H16O4/c1-4-5-9(2,3)7(11)6(10)8(12)13/h7,11H,4-5H2,1-3H3,(H,12,13). The average Bonchev–Trinajstić information content (AvgIpc) is 2.01. The monoisotopic (exact) mass is 188 g/mol. The maximum Gasteiger partial charge on any atom is 0.375 e. The van der Waals surface area contributed by atoms with Crippen LogP contribution in [0, 0.1) is 5.41 Å². The van der Waals surface area contributed by atoms with Crippen LogP contribution in [-0.4, -0.2) is 28.1 Å². The Morgan fingerprint density at radius 1 is 1.38 bits per heavy atom. The van der Waals surface area contributed by atoms with Crippen molar-refractivity contribution in [2.75, 3.05) is 0 Å². The third-order valence-corrected chi connectivity index (χ3v) is 2.09. The van der Waals surface area contributed by atoms with E-state index in [1.807, 2.05) is 6.92 Å². The number of carbonyl (C=O) groups excluding carboxylic acids is 1. The number of aliphatic hydroxyl groups is 1. The molecule has 0 spiro atoms. The maximum absolute atomic E-state index is 10.9. The molecule has 0 aliphatic heterocycles. The first-order valence-corrected chi connectivity index (χ1v) is 4.28. The quantitative estimate of drug-likeness (QED) is 0.626. The summed E-state index contributed by atoms with van der Waals surface area (Å²) in [6, 6.07) is 0. The second-order valence-corrected chi connectivity index (χ2v) is 3.81. The maximum atomic E-state index is 10.9. The highest BCUT2D eigenvalue weighted by atomic mass is 16.4. The lowest BCUT2D eigenvalue weighted by Gasteiger charge is -2.27. The molecule has 1 atom stereocenters. The number of carboxylic acids is 1. The van der Waals surface area contributed by atoms with E-state index in [9.17, 15) is 14.7 Å². The molecule has 4 nitrogen and oxygen atoms in total. The fraction of sp³-hybridized carbons (Fsp3) is 0.778. The van der Waals surface area contributed by atoms with Crippen molar-refractivity contribution in [2.45, 2.75) is 39.7 Å². The van der Waals surface area contributed by atoms with Crippen LogP contribution >= 0.6 is 0 Å². The van der Waals surface area contributed by atoms with E-state index in [1.165, 1.54) is 0 Å². The summed E-state index contributed by atoms with van der Waals surface area (Å²) in [6.45, 7) is 5.28. The number of aliphatic hydroxyl groups excluding tert-OH is 1. The number of carbonyl (C=O) groups is 2. The summed E-state index contributed by atoms with van der Waals surface area (Å²) < 4.78 is 0. The van der Waals surface area contributed by atoms with Crippen molar-refractivity contribution in [3.05, 3.63) is 0 Å². The molecule has 0 rings (SSSR count). The molecule has 0 aliphatic carbocycles. The minimum atomic E-state index is -1.57. The van der Waals surface area contributed by atoms with Crippen molar-refractivity contribution in [1.29, 1.82) is 0 Å². The second kappa shape index (κ2) is 4.37. The first-order valence-electron chi connectivity index (χ1n) is 4.28. The van der Waals surface area contributed by atoms with Gasteiger partial charge in [0.05, 0.1) is 0 Å². The predicted molar refractivity (Wildman–Crippen MR) is 47.3 cm³/mol. The highest BCUT2D eigenvalue weighted by Gasteiger charge is 2.35. The number of hydrogen-bond donors (Lipinski definition) is 2. The normalized spacial score (nSPS) is 13.8. The van der Waals surface area contributed by atoms with Gasteiger partial charge in [0.15, 0.2) is 0 Å². The zero-order valence-electron chi connectivity index (χ0n) is 8.20. The van der Waals surface area contributed by atoms with Gasteiger partial charge in [-0.3, -0.25) is 4.79 Å². The summed E-state index contributed by atoms with van der Waals surface area (Å²) in [6.07, 6.45) is 0.00870. The number of hydrogen-bond acceptors (Lipinski definition) is 3. The predicted octanol–water partition coefficient (Wildman–Crippen LogP) is 0.827. The van der Waals surface area contributed by atoms with E-state index in [1.54, 1.807) is 13.8 Å². The molecular formula is C9H16O4. The molecule has 76 valence electrons. The Balaban J connectivity index is 4.48. The molecule has 0 saturated heterocycles. The lowest BCUT2D eigenvalue weighted by Crippen LogP contribution is -2.40. The fourth-order valence-electron chi connectivity index (χ4n) is 1.25. The van der Waals surface area contributed by atoms with Gasteiger partial charge in [-0.2, -0.15) is 0 Å². The van der Waals surface area contributed by atoms with Crippen molar-refractivity contribution in [2.24, 2.45) is 5.41 Å². The molecule has 0 aromatic heterocycles. The van der Waals surface area contributed by atoms with Gasteiger partial charge in [0.1, 0.15) is 6.10 Å². The minimum absolute atomic E-state index is 0.618. The Morgan fingerprint density at radius 2 is 1.85 bits per heavy atom. The van der Waals surface area contributed by atoms with Crippen LogP contribution in [0.3, 0.4) is 0 Å². The topological polar surface area (TPSA) is 74.6 Å². The average molecular weight is 188 g/mol. The first-order chi connectivity index (χ1) is 5.83. The third kappa shape index (κ3) is 3.14. The summed E-state index contributed by atoms with van der Waals surface area (Å²) >= 11 is 0. The van der Waals surface area contributed by atoms with Crippen molar-refractivity contribution in [1.82, 2.24) is 0 Å². The van der Waals surface area contributed by atoms with Crippen LogP contribution in [0.15, 0.2) is 0 Å². The third-order valence-electron chi connectivity index (χ3n) is 2.09. The van der Waals surface area contributed by atoms with E-state index >= 15 is 0 Å². The summed E-state index contributed by atoms with van der Waals surface area (Å²) in [5.74, 6) is -2.70. The fourth-order valence-corrected chi connectivity index (χ4v) is 1.25. The highest BCUT2D eigenvalue weighted by molar-refractivity contribution is 6.34. The molecule has 0 fully saturated rings. The number of rotatable bonds is 5. The van der Waals surface area contributed by atoms with E-state index in [-0.39, 0.29) is 0 Å². The molecular weight excluding hydrogens is 172 g/mol. The minimum Gasteiger partial charge on any atom is -0.475 e. The van der Waals surface area contributed by atoms with Crippen LogP contribution in [0.5, 0.6) is 0 Å². The summed E-state index contributed by atoms with van der Waals surface area (Å²) in [5, 5.41) is 17.8. The summed E-state index contributed by atoms with van der Waals surface area (Å²) in [4.78, 5) is 21.2. The van der Waals surface area contributed by atoms with Gasteiger partial charge < -0.3 is 10.2 Å². The van der Waals surface area contributed by atoms with E-state index in [0.29, 0.717) is 6.42 Å². The van der Waals surface area contributed by atoms with E-state index in [2.05, 4.69) is 0 Å². The van der Waals surface area contributed by atoms with E-state index < -0.39 is 23.3 Å². The van der Waals surface area contributed by atoms with Gasteiger partial charge in [-0.15, -0.1) is 0 Å². The SMILES string of the molecule is CCCC(C)(C)C(O)C(=O)C(=O)O. The van der Waals surface area contributed by atoms with Crippen LogP contribution in [0.25, 0.3) is 0 Å². The summed E-state index contributed by atoms with van der Waals surface area (Å²) in [7, 11) is 0. The highest BCUT2D eigenvalue weighted by Crippen LogP contribution is 2.27. The molecule has 2 N–H and O–H groups in total. The van der Waals surface area contributed by atoms with Crippen molar-refractivity contribution in [3.63, 3.8) is 0 Å². The molecule has 4 heteroatoms. The number of Topliss-reactive ketones (excluding diaryl/α,β-unsaturated/α-hetero) is 1. The van der Waals surface area contributed by atoms with Crippen LogP contribution < -0.4 is 0 Å². The zero-order valence-corrected chi connectivity index (χ0v) is 8.20. The molecule has 0 radical (unpaired) electrons. The Kier molecular flexibility index (Phi) is 4.07. The van der Waals surface area contributed by atoms with Gasteiger partial charge >= 0.3 is 5.97 Å². The van der Waals surface area contributed by atoms with Crippen molar-refractivity contribution >= 4 is 11.8 Å². The van der Waals surface area contributed by atoms with E-state index in [4.69, 9.17) is 5.11 Å². The van der Waals surface area contributed by atoms with Crippen molar-refractivity contribution in [3.8, 4) is 0 Å². The van der Waals surface area contributed by atoms with Gasteiger partial charge in [-0.05, 0) is 11.8 Å². The van der Waals surface area contributed by atoms with Gasteiger partial charge in [-0.25, -0.2) is 4.79 Å². The molecule has 0 heterocycles. The second-order valence-electron chi connectivity index (χ2n) is 3.81. The molecule has 0 aromatic carbocycles. The number of ketones is 1. The Bertz CT molecular complexity index is 208. The molecule has 0 amide bonds. The molecule has 0 aliphatic rings. The van der Waals surface area contributed by atoms with Crippen LogP contribution in [0.2, 0.25) is 0 Å². The van der Waals surface area contributed by atoms with Gasteiger partial charge in [0.25, 0.3) is 5.78 Å². The molecule has 0 aromatic rings. The Hall–Kier alpha value is -0.900. The van der Waals surface area contributed by atoms with Gasteiger partial charge in [0, 0.05) is 0 Å². The summed E-state index contributed by atoms with van der Waals surface area (Å²) in [5.41, 5.74) is -0.662. The lowest BCUT2D eigenvalue weighted by molar-refractivity contribution is -0.156. The number of carboxylic acid groups (broad SMARTS) is 1. The molecule has 1 unspecified atom stereocenters. The first kappa shape index (κ1) is 12.1. The smallest absolute Gasteiger partial charge is 0.375 e. The Morgan fingerprint density at radius 3 is 2.15 bits per heavy atom. The largest absolute Gasteiger partial charge is 0.475 e. The number of aliphatic carboxylic acids is 1.